The zero-order chi connectivity index (χ0) is 17.7. The maximum Gasteiger partial charge on any atom is 0.243 e. The van der Waals surface area contributed by atoms with Crippen LogP contribution >= 0.6 is 0 Å². The minimum absolute atomic E-state index is 0.0344. The van der Waals surface area contributed by atoms with Gasteiger partial charge in [-0.05, 0) is 43.3 Å². The van der Waals surface area contributed by atoms with Crippen LogP contribution in [0.3, 0.4) is 0 Å². The normalized spacial score (nSPS) is 11.1. The molecule has 0 aliphatic carbocycles. The number of aryl methyl sites for hydroxylation is 1. The van der Waals surface area contributed by atoms with Gasteiger partial charge in [0.2, 0.25) is 15.9 Å². The number of sulfonamides is 1. The standard InChI is InChI=1S/C17H17N3O3S/c1-13-3-7-15(8-4-13)19-17(21)12-20(2)24(22,23)16-9-5-14(11-18)6-10-16/h3-10H,12H2,1-2H3,(H,19,21). The van der Waals surface area contributed by atoms with Crippen molar-refractivity contribution >= 4 is 21.6 Å². The van der Waals surface area contributed by atoms with Crippen LogP contribution in [-0.2, 0) is 14.8 Å². The highest BCUT2D eigenvalue weighted by atomic mass is 32.2. The van der Waals surface area contributed by atoms with Gasteiger partial charge < -0.3 is 5.32 Å². The molecule has 0 bridgehead atoms. The van der Waals surface area contributed by atoms with Crippen LogP contribution in [0.15, 0.2) is 53.4 Å². The highest BCUT2D eigenvalue weighted by Crippen LogP contribution is 2.15. The topological polar surface area (TPSA) is 90.3 Å². The maximum atomic E-state index is 12.4. The smallest absolute Gasteiger partial charge is 0.243 e. The lowest BCUT2D eigenvalue weighted by Gasteiger charge is -2.17. The predicted octanol–water partition coefficient (Wildman–Crippen LogP) is 2.13. The van der Waals surface area contributed by atoms with Crippen molar-refractivity contribution in [3.05, 3.63) is 59.7 Å². The fraction of sp³-hybridized carbons (Fsp3) is 0.176. The number of nitrogens with one attached hydrogen (secondary N) is 1. The molecule has 2 aromatic carbocycles. The molecule has 0 spiro atoms. The van der Waals surface area contributed by atoms with E-state index in [2.05, 4.69) is 5.32 Å². The van der Waals surface area contributed by atoms with E-state index in [-0.39, 0.29) is 11.4 Å². The summed E-state index contributed by atoms with van der Waals surface area (Å²) in [4.78, 5) is 12.1. The first-order valence-electron chi connectivity index (χ1n) is 7.16. The Labute approximate surface area is 141 Å². The van der Waals surface area contributed by atoms with Crippen molar-refractivity contribution in [2.45, 2.75) is 11.8 Å². The average molecular weight is 343 g/mol. The molecule has 0 saturated heterocycles. The second-order valence-electron chi connectivity index (χ2n) is 5.31. The van der Waals surface area contributed by atoms with E-state index in [0.29, 0.717) is 11.3 Å². The van der Waals surface area contributed by atoms with E-state index in [4.69, 9.17) is 5.26 Å². The Kier molecular flexibility index (Phi) is 5.34. The number of hydrogen-bond donors (Lipinski definition) is 1. The minimum Gasteiger partial charge on any atom is -0.325 e. The molecule has 0 atom stereocenters. The first kappa shape index (κ1) is 17.7. The van der Waals surface area contributed by atoms with Crippen LogP contribution in [0.2, 0.25) is 0 Å². The van der Waals surface area contributed by atoms with E-state index >= 15 is 0 Å². The summed E-state index contributed by atoms with van der Waals surface area (Å²) < 4.78 is 25.8. The van der Waals surface area contributed by atoms with Crippen LogP contribution < -0.4 is 5.32 Å². The Balaban J connectivity index is 2.06. The number of rotatable bonds is 5. The van der Waals surface area contributed by atoms with Gasteiger partial charge in [-0.2, -0.15) is 9.57 Å². The lowest BCUT2D eigenvalue weighted by molar-refractivity contribution is -0.116. The number of carbonyl (C=O) groups is 1. The Morgan fingerprint density at radius 2 is 1.71 bits per heavy atom. The minimum atomic E-state index is -3.79. The fourth-order valence-corrected chi connectivity index (χ4v) is 3.13. The fourth-order valence-electron chi connectivity index (χ4n) is 2.01. The van der Waals surface area contributed by atoms with Gasteiger partial charge in [-0.3, -0.25) is 4.79 Å². The van der Waals surface area contributed by atoms with Gasteiger partial charge >= 0.3 is 0 Å². The number of nitrogens with zero attached hydrogens (tertiary/aromatic N) is 2. The monoisotopic (exact) mass is 343 g/mol. The van der Waals surface area contributed by atoms with Crippen molar-refractivity contribution in [3.63, 3.8) is 0 Å². The Bertz CT molecular complexity index is 867. The van der Waals surface area contributed by atoms with Crippen LogP contribution in [0, 0.1) is 18.3 Å². The molecule has 0 radical (unpaired) electrons. The van der Waals surface area contributed by atoms with E-state index in [1.165, 1.54) is 31.3 Å². The number of likely N-dealkylation sites (N-methyl/N-ethyl adjacent to an activating group) is 1. The summed E-state index contributed by atoms with van der Waals surface area (Å²) in [6, 6.07) is 14.7. The maximum absolute atomic E-state index is 12.4. The molecule has 1 N–H and O–H groups in total. The summed E-state index contributed by atoms with van der Waals surface area (Å²) in [5.41, 5.74) is 2.04. The molecule has 0 unspecified atom stereocenters. The van der Waals surface area contributed by atoms with Gasteiger partial charge in [-0.15, -0.1) is 0 Å². The van der Waals surface area contributed by atoms with Crippen LogP contribution in [0.25, 0.3) is 0 Å². The van der Waals surface area contributed by atoms with Crippen LogP contribution in [-0.4, -0.2) is 32.2 Å². The second-order valence-corrected chi connectivity index (χ2v) is 7.36. The summed E-state index contributed by atoms with van der Waals surface area (Å²) >= 11 is 0. The van der Waals surface area contributed by atoms with Gasteiger partial charge in [-0.25, -0.2) is 8.42 Å². The number of amides is 1. The molecule has 0 aliphatic rings. The molecular formula is C17H17N3O3S. The van der Waals surface area contributed by atoms with Gasteiger partial charge in [0.05, 0.1) is 23.1 Å². The zero-order valence-corrected chi connectivity index (χ0v) is 14.2. The molecular weight excluding hydrogens is 326 g/mol. The third kappa shape index (κ3) is 4.19. The lowest BCUT2D eigenvalue weighted by atomic mass is 10.2. The first-order chi connectivity index (χ1) is 11.3. The molecule has 7 heteroatoms. The quantitative estimate of drug-likeness (QED) is 0.900. The van der Waals surface area contributed by atoms with Gasteiger partial charge in [0.25, 0.3) is 0 Å². The van der Waals surface area contributed by atoms with E-state index < -0.39 is 15.9 Å². The summed E-state index contributed by atoms with van der Waals surface area (Å²) in [5, 5.41) is 11.4. The van der Waals surface area contributed by atoms with E-state index in [1.54, 1.807) is 12.1 Å². The Hall–Kier alpha value is -2.69. The third-order valence-electron chi connectivity index (χ3n) is 3.39. The zero-order valence-electron chi connectivity index (χ0n) is 13.4. The Morgan fingerprint density at radius 3 is 2.25 bits per heavy atom. The summed E-state index contributed by atoms with van der Waals surface area (Å²) in [5.74, 6) is -0.432. The number of hydrogen-bond acceptors (Lipinski definition) is 4. The highest BCUT2D eigenvalue weighted by molar-refractivity contribution is 7.89. The number of carbonyl (C=O) groups excluding carboxylic acids is 1. The lowest BCUT2D eigenvalue weighted by Crippen LogP contribution is -2.34. The summed E-state index contributed by atoms with van der Waals surface area (Å²) in [7, 11) is -2.46. The van der Waals surface area contributed by atoms with Crippen LogP contribution in [0.1, 0.15) is 11.1 Å². The first-order valence-corrected chi connectivity index (χ1v) is 8.60. The van der Waals surface area contributed by atoms with Crippen LogP contribution in [0.5, 0.6) is 0 Å². The second kappa shape index (κ2) is 7.25. The predicted molar refractivity (Wildman–Crippen MR) is 90.8 cm³/mol. The third-order valence-corrected chi connectivity index (χ3v) is 5.21. The molecule has 1 amide bonds. The van der Waals surface area contributed by atoms with Crippen molar-refractivity contribution in [2.24, 2.45) is 0 Å². The summed E-state index contributed by atoms with van der Waals surface area (Å²) in [6.45, 7) is 1.62. The largest absolute Gasteiger partial charge is 0.325 e. The van der Waals surface area contributed by atoms with Gasteiger partial charge in [0.1, 0.15) is 0 Å². The molecule has 0 aromatic heterocycles. The SMILES string of the molecule is Cc1ccc(NC(=O)CN(C)S(=O)(=O)c2ccc(C#N)cc2)cc1. The van der Waals surface area contributed by atoms with Crippen molar-refractivity contribution < 1.29 is 13.2 Å². The summed E-state index contributed by atoms with van der Waals surface area (Å²) in [6.07, 6.45) is 0. The van der Waals surface area contributed by atoms with Crippen LogP contribution in [0.4, 0.5) is 5.69 Å². The molecule has 0 fully saturated rings. The molecule has 0 heterocycles. The highest BCUT2D eigenvalue weighted by Gasteiger charge is 2.22. The molecule has 24 heavy (non-hydrogen) atoms. The van der Waals surface area contributed by atoms with E-state index in [9.17, 15) is 13.2 Å². The van der Waals surface area contributed by atoms with Crippen molar-refractivity contribution in [1.82, 2.24) is 4.31 Å². The van der Waals surface area contributed by atoms with E-state index in [0.717, 1.165) is 9.87 Å². The number of anilines is 1. The van der Waals surface area contributed by atoms with Crippen molar-refractivity contribution in [1.29, 1.82) is 5.26 Å². The van der Waals surface area contributed by atoms with E-state index in [1.807, 2.05) is 25.1 Å². The average Bonchev–Trinajstić information content (AvgIpc) is 2.57. The molecule has 2 rings (SSSR count). The molecule has 2 aromatic rings. The molecule has 124 valence electrons. The molecule has 0 saturated carbocycles. The van der Waals surface area contributed by atoms with Crippen molar-refractivity contribution in [3.8, 4) is 6.07 Å². The van der Waals surface area contributed by atoms with Gasteiger partial charge in [0.15, 0.2) is 0 Å². The molecule has 0 aliphatic heterocycles. The van der Waals surface area contributed by atoms with Gasteiger partial charge in [-0.1, -0.05) is 17.7 Å². The van der Waals surface area contributed by atoms with Crippen molar-refractivity contribution in [2.75, 3.05) is 18.9 Å². The number of nitriles is 1. The Morgan fingerprint density at radius 1 is 1.12 bits per heavy atom. The van der Waals surface area contributed by atoms with Gasteiger partial charge in [0, 0.05) is 12.7 Å². The number of benzene rings is 2. The molecule has 6 nitrogen and oxygen atoms in total.